The molecular weight excluding hydrogens is 356 g/mol. The molecule has 28 heavy (non-hydrogen) atoms. The highest BCUT2D eigenvalue weighted by atomic mass is 16.6. The average Bonchev–Trinajstić information content (AvgIpc) is 3.08. The van der Waals surface area contributed by atoms with E-state index in [0.29, 0.717) is 24.2 Å². The highest BCUT2D eigenvalue weighted by molar-refractivity contribution is 5.77. The summed E-state index contributed by atoms with van der Waals surface area (Å²) in [6, 6.07) is 0. The number of methoxy groups -OCH3 is 1. The first kappa shape index (κ1) is 25.1. The fraction of sp³-hybridized carbons (Fsp3) is 0.870. The first-order chi connectivity index (χ1) is 13.4. The second-order valence-corrected chi connectivity index (χ2v) is 8.54. The molecule has 3 N–H and O–H groups in total. The zero-order valence-corrected chi connectivity index (χ0v) is 18.1. The SMILES string of the molecule is CCCCCCC=C[C@@H]1[C@@H](CCCCC(C)C(O)(O)C(=O)OC)CC[C@H]1CO. The van der Waals surface area contributed by atoms with E-state index in [1.807, 2.05) is 0 Å². The van der Waals surface area contributed by atoms with Crippen LogP contribution in [0.2, 0.25) is 0 Å². The van der Waals surface area contributed by atoms with Gasteiger partial charge in [-0.15, -0.1) is 0 Å². The molecule has 0 aromatic rings. The third kappa shape index (κ3) is 7.84. The van der Waals surface area contributed by atoms with Gasteiger partial charge in [-0.05, 0) is 56.3 Å². The van der Waals surface area contributed by atoms with Gasteiger partial charge >= 0.3 is 5.97 Å². The van der Waals surface area contributed by atoms with E-state index < -0.39 is 17.7 Å². The normalized spacial score (nSPS) is 24.0. The van der Waals surface area contributed by atoms with Gasteiger partial charge < -0.3 is 20.1 Å². The van der Waals surface area contributed by atoms with Crippen LogP contribution in [0.25, 0.3) is 0 Å². The lowest BCUT2D eigenvalue weighted by atomic mass is 9.85. The van der Waals surface area contributed by atoms with Gasteiger partial charge in [0.15, 0.2) is 0 Å². The Morgan fingerprint density at radius 1 is 1.14 bits per heavy atom. The Morgan fingerprint density at radius 2 is 1.86 bits per heavy atom. The van der Waals surface area contributed by atoms with Crippen molar-refractivity contribution in [2.45, 2.75) is 90.3 Å². The number of allylic oxidation sites excluding steroid dienone is 2. The van der Waals surface area contributed by atoms with Gasteiger partial charge in [0.25, 0.3) is 5.79 Å². The highest BCUT2D eigenvalue weighted by Gasteiger charge is 2.40. The summed E-state index contributed by atoms with van der Waals surface area (Å²) in [6.45, 7) is 4.15. The fourth-order valence-electron chi connectivity index (χ4n) is 4.41. The summed E-state index contributed by atoms with van der Waals surface area (Å²) < 4.78 is 4.46. The second kappa shape index (κ2) is 13.3. The quantitative estimate of drug-likeness (QED) is 0.177. The van der Waals surface area contributed by atoms with Crippen LogP contribution in [-0.2, 0) is 9.53 Å². The van der Waals surface area contributed by atoms with Crippen LogP contribution in [0.15, 0.2) is 12.2 Å². The molecule has 0 radical (unpaired) electrons. The topological polar surface area (TPSA) is 87.0 Å². The Balaban J connectivity index is 2.40. The third-order valence-corrected chi connectivity index (χ3v) is 6.45. The first-order valence-electron chi connectivity index (χ1n) is 11.2. The monoisotopic (exact) mass is 398 g/mol. The van der Waals surface area contributed by atoms with Gasteiger partial charge in [-0.1, -0.05) is 58.1 Å². The van der Waals surface area contributed by atoms with Gasteiger partial charge in [-0.25, -0.2) is 4.79 Å². The van der Waals surface area contributed by atoms with E-state index in [-0.39, 0.29) is 6.61 Å². The summed E-state index contributed by atoms with van der Waals surface area (Å²) in [7, 11) is 1.16. The van der Waals surface area contributed by atoms with E-state index in [2.05, 4.69) is 23.8 Å². The molecule has 1 unspecified atom stereocenters. The van der Waals surface area contributed by atoms with Gasteiger partial charge in [0.05, 0.1) is 7.11 Å². The predicted molar refractivity (Wildman–Crippen MR) is 112 cm³/mol. The number of esters is 1. The first-order valence-corrected chi connectivity index (χ1v) is 11.2. The minimum absolute atomic E-state index is 0.259. The van der Waals surface area contributed by atoms with Crippen molar-refractivity contribution in [3.05, 3.63) is 12.2 Å². The molecule has 1 aliphatic carbocycles. The van der Waals surface area contributed by atoms with E-state index >= 15 is 0 Å². The Morgan fingerprint density at radius 3 is 2.50 bits per heavy atom. The number of hydrogen-bond acceptors (Lipinski definition) is 5. The summed E-state index contributed by atoms with van der Waals surface area (Å²) in [5, 5.41) is 29.5. The van der Waals surface area contributed by atoms with Gasteiger partial charge in [0, 0.05) is 12.5 Å². The maximum Gasteiger partial charge on any atom is 0.366 e. The molecule has 1 aliphatic rings. The van der Waals surface area contributed by atoms with Crippen molar-refractivity contribution in [1.82, 2.24) is 0 Å². The minimum atomic E-state index is -2.41. The number of carbonyl (C=O) groups is 1. The summed E-state index contributed by atoms with van der Waals surface area (Å²) in [4.78, 5) is 11.5. The summed E-state index contributed by atoms with van der Waals surface area (Å²) >= 11 is 0. The zero-order chi connectivity index (χ0) is 21.0. The van der Waals surface area contributed by atoms with Crippen LogP contribution in [0.3, 0.4) is 0 Å². The van der Waals surface area contributed by atoms with Crippen LogP contribution in [0, 0.1) is 23.7 Å². The van der Waals surface area contributed by atoms with Gasteiger partial charge in [0.2, 0.25) is 0 Å². The molecule has 1 saturated carbocycles. The summed E-state index contributed by atoms with van der Waals surface area (Å²) in [5.41, 5.74) is 0. The molecule has 1 rings (SSSR count). The van der Waals surface area contributed by atoms with E-state index in [0.717, 1.165) is 45.6 Å². The van der Waals surface area contributed by atoms with Crippen molar-refractivity contribution in [3.63, 3.8) is 0 Å². The maximum atomic E-state index is 11.5. The lowest BCUT2D eigenvalue weighted by Crippen LogP contribution is -2.45. The zero-order valence-electron chi connectivity index (χ0n) is 18.1. The molecule has 0 amide bonds. The molecule has 0 heterocycles. The van der Waals surface area contributed by atoms with Crippen LogP contribution in [-0.4, -0.2) is 40.8 Å². The molecule has 0 spiro atoms. The second-order valence-electron chi connectivity index (χ2n) is 8.54. The molecule has 0 saturated heterocycles. The number of carbonyl (C=O) groups excluding carboxylic acids is 1. The Hall–Kier alpha value is -0.910. The van der Waals surface area contributed by atoms with Crippen molar-refractivity contribution in [3.8, 4) is 0 Å². The predicted octanol–water partition coefficient (Wildman–Crippen LogP) is 4.20. The number of aliphatic hydroxyl groups excluding tert-OH is 1. The number of aliphatic hydroxyl groups is 3. The van der Waals surface area contributed by atoms with Crippen molar-refractivity contribution in [2.75, 3.05) is 13.7 Å². The molecule has 0 bridgehead atoms. The van der Waals surface area contributed by atoms with Crippen molar-refractivity contribution < 1.29 is 24.9 Å². The van der Waals surface area contributed by atoms with Crippen molar-refractivity contribution >= 4 is 5.97 Å². The number of unbranched alkanes of at least 4 members (excludes halogenated alkanes) is 5. The minimum Gasteiger partial charge on any atom is -0.465 e. The van der Waals surface area contributed by atoms with E-state index in [4.69, 9.17) is 0 Å². The third-order valence-electron chi connectivity index (χ3n) is 6.45. The molecule has 4 atom stereocenters. The smallest absolute Gasteiger partial charge is 0.366 e. The molecule has 164 valence electrons. The van der Waals surface area contributed by atoms with E-state index in [9.17, 15) is 20.1 Å². The highest BCUT2D eigenvalue weighted by Crippen LogP contribution is 2.41. The molecule has 0 aromatic carbocycles. The van der Waals surface area contributed by atoms with Crippen LogP contribution < -0.4 is 0 Å². The van der Waals surface area contributed by atoms with Crippen LogP contribution >= 0.6 is 0 Å². The fourth-order valence-corrected chi connectivity index (χ4v) is 4.41. The van der Waals surface area contributed by atoms with Gasteiger partial charge in [0.1, 0.15) is 0 Å². The van der Waals surface area contributed by atoms with Crippen LogP contribution in [0.5, 0.6) is 0 Å². The van der Waals surface area contributed by atoms with Crippen molar-refractivity contribution in [1.29, 1.82) is 0 Å². The lowest BCUT2D eigenvalue weighted by Gasteiger charge is -2.26. The maximum absolute atomic E-state index is 11.5. The summed E-state index contributed by atoms with van der Waals surface area (Å²) in [5.74, 6) is -2.55. The average molecular weight is 399 g/mol. The summed E-state index contributed by atoms with van der Waals surface area (Å²) in [6.07, 6.45) is 16.6. The Labute approximate surface area is 171 Å². The van der Waals surface area contributed by atoms with Crippen LogP contribution in [0.1, 0.15) is 84.5 Å². The molecule has 1 fully saturated rings. The molecular formula is C23H42O5. The molecule has 0 aromatic heterocycles. The van der Waals surface area contributed by atoms with Gasteiger partial charge in [-0.3, -0.25) is 0 Å². The molecule has 5 heteroatoms. The molecule has 5 nitrogen and oxygen atoms in total. The van der Waals surface area contributed by atoms with Crippen molar-refractivity contribution in [2.24, 2.45) is 23.7 Å². The Kier molecular flexibility index (Phi) is 12.0. The number of rotatable bonds is 14. The van der Waals surface area contributed by atoms with Crippen LogP contribution in [0.4, 0.5) is 0 Å². The van der Waals surface area contributed by atoms with E-state index in [1.54, 1.807) is 6.92 Å². The largest absolute Gasteiger partial charge is 0.465 e. The number of hydrogen-bond donors (Lipinski definition) is 3. The van der Waals surface area contributed by atoms with Gasteiger partial charge in [-0.2, -0.15) is 0 Å². The lowest BCUT2D eigenvalue weighted by molar-refractivity contribution is -0.224. The van der Waals surface area contributed by atoms with E-state index in [1.165, 1.54) is 25.7 Å². The Bertz CT molecular complexity index is 460. The number of ether oxygens (including phenoxy) is 1. The molecule has 0 aliphatic heterocycles. The standard InChI is InChI=1S/C23H42O5/c1-4-5-6-7-8-9-14-21-19(15-16-20(21)17-24)13-11-10-12-18(2)23(26,27)22(25)28-3/h9,14,18-21,24,26-27H,4-8,10-13,15-17H2,1-3H3/t18?,19-,20-,21+/m0/s1.